The standard InChI is InChI=1S/C18H23N3O3S.ClH/c1-13-8-10-15(20-18(22)11-9-14(2)19)12-17(13)21-25(23,24)16-6-4-3-5-7-16;/h3-8,10,12,14,21H,9,11,19H2,1-2H3,(H,20,22);1H. The number of hydrogen-bond donors (Lipinski definition) is 3. The van der Waals surface area contributed by atoms with Gasteiger partial charge in [0.05, 0.1) is 10.6 Å². The van der Waals surface area contributed by atoms with E-state index in [2.05, 4.69) is 10.0 Å². The van der Waals surface area contributed by atoms with E-state index in [1.54, 1.807) is 43.3 Å². The Balaban J connectivity index is 0.00000338. The number of amides is 1. The van der Waals surface area contributed by atoms with E-state index in [4.69, 9.17) is 5.73 Å². The molecule has 0 saturated heterocycles. The number of carbonyl (C=O) groups excluding carboxylic acids is 1. The van der Waals surface area contributed by atoms with Crippen molar-refractivity contribution in [3.05, 3.63) is 54.1 Å². The van der Waals surface area contributed by atoms with Gasteiger partial charge in [-0.1, -0.05) is 24.3 Å². The predicted octanol–water partition coefficient (Wildman–Crippen LogP) is 3.28. The van der Waals surface area contributed by atoms with Gasteiger partial charge in [0.25, 0.3) is 10.0 Å². The second-order valence-corrected chi connectivity index (χ2v) is 7.69. The molecule has 0 bridgehead atoms. The van der Waals surface area contributed by atoms with Crippen LogP contribution in [0.25, 0.3) is 0 Å². The van der Waals surface area contributed by atoms with Crippen molar-refractivity contribution >= 4 is 39.7 Å². The fourth-order valence-corrected chi connectivity index (χ4v) is 3.34. The van der Waals surface area contributed by atoms with E-state index in [0.717, 1.165) is 5.56 Å². The molecule has 1 unspecified atom stereocenters. The van der Waals surface area contributed by atoms with Crippen LogP contribution in [0, 0.1) is 6.92 Å². The van der Waals surface area contributed by atoms with E-state index in [0.29, 0.717) is 24.2 Å². The van der Waals surface area contributed by atoms with Gasteiger partial charge in [-0.3, -0.25) is 9.52 Å². The van der Waals surface area contributed by atoms with Crippen LogP contribution in [0.3, 0.4) is 0 Å². The van der Waals surface area contributed by atoms with Crippen molar-refractivity contribution in [3.63, 3.8) is 0 Å². The van der Waals surface area contributed by atoms with Crippen molar-refractivity contribution in [2.24, 2.45) is 5.73 Å². The fraction of sp³-hybridized carbons (Fsp3) is 0.278. The fourth-order valence-electron chi connectivity index (χ4n) is 2.20. The summed E-state index contributed by atoms with van der Waals surface area (Å²) in [6.07, 6.45) is 0.905. The molecule has 2 aromatic carbocycles. The normalized spacial score (nSPS) is 12.0. The molecule has 0 fully saturated rings. The van der Waals surface area contributed by atoms with E-state index in [1.807, 2.05) is 6.92 Å². The first-order chi connectivity index (χ1) is 11.8. The average molecular weight is 398 g/mol. The van der Waals surface area contributed by atoms with Gasteiger partial charge in [-0.2, -0.15) is 0 Å². The summed E-state index contributed by atoms with van der Waals surface area (Å²) in [6, 6.07) is 13.2. The zero-order valence-electron chi connectivity index (χ0n) is 14.7. The van der Waals surface area contributed by atoms with E-state index in [9.17, 15) is 13.2 Å². The summed E-state index contributed by atoms with van der Waals surface area (Å²) in [5.74, 6) is -0.155. The quantitative estimate of drug-likeness (QED) is 0.667. The highest BCUT2D eigenvalue weighted by Gasteiger charge is 2.15. The summed E-state index contributed by atoms with van der Waals surface area (Å²) in [5.41, 5.74) is 7.36. The van der Waals surface area contributed by atoms with Crippen LogP contribution in [0.15, 0.2) is 53.4 Å². The molecule has 0 heterocycles. The largest absolute Gasteiger partial charge is 0.328 e. The van der Waals surface area contributed by atoms with Crippen molar-refractivity contribution < 1.29 is 13.2 Å². The number of halogens is 1. The van der Waals surface area contributed by atoms with Gasteiger partial charge in [0, 0.05) is 18.2 Å². The van der Waals surface area contributed by atoms with Gasteiger partial charge < -0.3 is 11.1 Å². The van der Waals surface area contributed by atoms with Crippen LogP contribution in [0.1, 0.15) is 25.3 Å². The smallest absolute Gasteiger partial charge is 0.261 e. The minimum Gasteiger partial charge on any atom is -0.328 e. The number of hydrogen-bond acceptors (Lipinski definition) is 4. The molecule has 0 aliphatic heterocycles. The molecule has 8 heteroatoms. The molecule has 1 amide bonds. The van der Waals surface area contributed by atoms with E-state index >= 15 is 0 Å². The lowest BCUT2D eigenvalue weighted by molar-refractivity contribution is -0.116. The zero-order chi connectivity index (χ0) is 18.4. The van der Waals surface area contributed by atoms with E-state index < -0.39 is 10.0 Å². The summed E-state index contributed by atoms with van der Waals surface area (Å²) >= 11 is 0. The number of benzene rings is 2. The lowest BCUT2D eigenvalue weighted by atomic mass is 10.1. The Hall–Kier alpha value is -2.09. The molecule has 26 heavy (non-hydrogen) atoms. The van der Waals surface area contributed by atoms with Crippen molar-refractivity contribution in [1.29, 1.82) is 0 Å². The minimum absolute atomic E-state index is 0. The maximum absolute atomic E-state index is 12.5. The Labute approximate surface area is 160 Å². The minimum atomic E-state index is -3.68. The first-order valence-electron chi connectivity index (χ1n) is 8.02. The number of nitrogens with two attached hydrogens (primary N) is 1. The number of aryl methyl sites for hydroxylation is 1. The Morgan fingerprint density at radius 3 is 2.42 bits per heavy atom. The molecule has 1 atom stereocenters. The Bertz CT molecular complexity index is 840. The predicted molar refractivity (Wildman–Crippen MR) is 107 cm³/mol. The van der Waals surface area contributed by atoms with E-state index in [1.165, 1.54) is 12.1 Å². The number of rotatable bonds is 7. The number of anilines is 2. The Morgan fingerprint density at radius 1 is 1.15 bits per heavy atom. The van der Waals surface area contributed by atoms with Gasteiger partial charge in [-0.25, -0.2) is 8.42 Å². The molecule has 142 valence electrons. The Morgan fingerprint density at radius 2 is 1.81 bits per heavy atom. The van der Waals surface area contributed by atoms with Gasteiger partial charge in [-0.05, 0) is 50.1 Å². The molecule has 0 spiro atoms. The summed E-state index contributed by atoms with van der Waals surface area (Å²) in [6.45, 7) is 3.64. The molecule has 0 aromatic heterocycles. The van der Waals surface area contributed by atoms with Crippen LogP contribution < -0.4 is 15.8 Å². The summed E-state index contributed by atoms with van der Waals surface area (Å²) < 4.78 is 27.5. The number of carbonyl (C=O) groups is 1. The molecule has 2 rings (SSSR count). The maximum atomic E-state index is 12.5. The molecular weight excluding hydrogens is 374 g/mol. The molecule has 6 nitrogen and oxygen atoms in total. The number of nitrogens with one attached hydrogen (secondary N) is 2. The van der Waals surface area contributed by atoms with Crippen LogP contribution in [-0.4, -0.2) is 20.4 Å². The van der Waals surface area contributed by atoms with Gasteiger partial charge in [0.2, 0.25) is 5.91 Å². The topological polar surface area (TPSA) is 101 Å². The SMILES string of the molecule is Cc1ccc(NC(=O)CCC(C)N)cc1NS(=O)(=O)c1ccccc1.Cl. The summed E-state index contributed by atoms with van der Waals surface area (Å²) in [4.78, 5) is 12.1. The summed E-state index contributed by atoms with van der Waals surface area (Å²) in [5, 5.41) is 2.76. The van der Waals surface area contributed by atoms with E-state index in [-0.39, 0.29) is 29.3 Å². The first kappa shape index (κ1) is 22.0. The number of sulfonamides is 1. The van der Waals surface area contributed by atoms with Gasteiger partial charge >= 0.3 is 0 Å². The monoisotopic (exact) mass is 397 g/mol. The van der Waals surface area contributed by atoms with Crippen molar-refractivity contribution in [3.8, 4) is 0 Å². The van der Waals surface area contributed by atoms with Crippen LogP contribution in [0.5, 0.6) is 0 Å². The second-order valence-electron chi connectivity index (χ2n) is 6.01. The highest BCUT2D eigenvalue weighted by Crippen LogP contribution is 2.23. The third-order valence-electron chi connectivity index (χ3n) is 3.65. The second kappa shape index (κ2) is 9.56. The van der Waals surface area contributed by atoms with Crippen molar-refractivity contribution in [1.82, 2.24) is 0 Å². The lowest BCUT2D eigenvalue weighted by Crippen LogP contribution is -2.19. The highest BCUT2D eigenvalue weighted by atomic mass is 35.5. The van der Waals surface area contributed by atoms with Crippen molar-refractivity contribution in [2.75, 3.05) is 10.0 Å². The Kier molecular flexibility index (Phi) is 8.08. The molecule has 0 saturated carbocycles. The van der Waals surface area contributed by atoms with Gasteiger partial charge in [-0.15, -0.1) is 12.4 Å². The lowest BCUT2D eigenvalue weighted by Gasteiger charge is -2.13. The molecule has 0 aliphatic rings. The third-order valence-corrected chi connectivity index (χ3v) is 5.03. The van der Waals surface area contributed by atoms with Crippen LogP contribution in [-0.2, 0) is 14.8 Å². The van der Waals surface area contributed by atoms with Crippen molar-refractivity contribution in [2.45, 2.75) is 37.6 Å². The van der Waals surface area contributed by atoms with Gasteiger partial charge in [0.15, 0.2) is 0 Å². The maximum Gasteiger partial charge on any atom is 0.261 e. The highest BCUT2D eigenvalue weighted by molar-refractivity contribution is 7.92. The molecule has 0 aliphatic carbocycles. The van der Waals surface area contributed by atoms with Crippen LogP contribution >= 0.6 is 12.4 Å². The molecule has 4 N–H and O–H groups in total. The summed E-state index contributed by atoms with van der Waals surface area (Å²) in [7, 11) is -3.68. The molecule has 0 radical (unpaired) electrons. The van der Waals surface area contributed by atoms with Crippen LogP contribution in [0.2, 0.25) is 0 Å². The molecular formula is C18H24ClN3O3S. The van der Waals surface area contributed by atoms with Crippen LogP contribution in [0.4, 0.5) is 11.4 Å². The van der Waals surface area contributed by atoms with Gasteiger partial charge in [0.1, 0.15) is 0 Å². The zero-order valence-corrected chi connectivity index (χ0v) is 16.4. The first-order valence-corrected chi connectivity index (χ1v) is 9.50. The average Bonchev–Trinajstić information content (AvgIpc) is 2.56. The third kappa shape index (κ3) is 6.33. The molecule has 2 aromatic rings.